The van der Waals surface area contributed by atoms with Crippen LogP contribution in [0.2, 0.25) is 0 Å². The van der Waals surface area contributed by atoms with E-state index in [-0.39, 0.29) is 18.6 Å². The zero-order valence-corrected chi connectivity index (χ0v) is 19.2. The number of nitrogens with zero attached hydrogens (tertiary/aromatic N) is 2. The second-order valence-electron chi connectivity index (χ2n) is 7.54. The molecule has 2 aromatic heterocycles. The number of aliphatic carboxylic acids is 1. The van der Waals surface area contributed by atoms with Gasteiger partial charge in [-0.3, -0.25) is 14.4 Å². The van der Waals surface area contributed by atoms with Crippen molar-refractivity contribution in [3.8, 4) is 0 Å². The molecule has 2 rings (SSSR count). The number of hydrogen-bond acceptors (Lipinski definition) is 9. The highest BCUT2D eigenvalue weighted by atomic mass is 32.1. The Labute approximate surface area is 199 Å². The van der Waals surface area contributed by atoms with Gasteiger partial charge in [0.1, 0.15) is 12.1 Å². The zero-order valence-electron chi connectivity index (χ0n) is 18.3. The first kappa shape index (κ1) is 26.8. The summed E-state index contributed by atoms with van der Waals surface area (Å²) in [4.78, 5) is 62.7. The van der Waals surface area contributed by atoms with Crippen LogP contribution in [0.4, 0.5) is 0 Å². The Morgan fingerprint density at radius 3 is 1.97 bits per heavy atom. The Hall–Kier alpha value is -3.43. The van der Waals surface area contributed by atoms with Gasteiger partial charge in [0.05, 0.1) is 24.8 Å². The third-order valence-electron chi connectivity index (χ3n) is 4.81. The standard InChI is InChI=1S/C19H28N8O6S/c1-9(28)15(19(32)33)27-17(30)13(3-11-5-22-8-24-11)25-18(31)14(6-34)26-16(29)12(20)2-10-4-21-7-23-10/h4-5,7-9,12-15,28,34H,2-3,6,20H2,1H3,(H,21,23)(H,22,24)(H,25,31)(H,26,29)(H,27,30)(H,32,33). The van der Waals surface area contributed by atoms with Crippen molar-refractivity contribution in [3.05, 3.63) is 36.4 Å². The monoisotopic (exact) mass is 496 g/mol. The number of nitrogens with one attached hydrogen (secondary N) is 5. The minimum absolute atomic E-state index is 0.0592. The average molecular weight is 497 g/mol. The molecule has 3 amide bonds. The van der Waals surface area contributed by atoms with Crippen molar-refractivity contribution in [2.24, 2.45) is 5.73 Å². The van der Waals surface area contributed by atoms with Gasteiger partial charge in [-0.25, -0.2) is 14.8 Å². The molecule has 2 heterocycles. The fourth-order valence-corrected chi connectivity index (χ4v) is 3.20. The molecular formula is C19H28N8O6S. The highest BCUT2D eigenvalue weighted by Gasteiger charge is 2.32. The molecule has 14 nitrogen and oxygen atoms in total. The predicted octanol–water partition coefficient (Wildman–Crippen LogP) is -2.91. The average Bonchev–Trinajstić information content (AvgIpc) is 3.48. The van der Waals surface area contributed by atoms with Crippen molar-refractivity contribution < 1.29 is 29.4 Å². The third-order valence-corrected chi connectivity index (χ3v) is 5.17. The lowest BCUT2D eigenvalue weighted by atomic mass is 10.1. The van der Waals surface area contributed by atoms with E-state index in [0.29, 0.717) is 11.4 Å². The number of aromatic amines is 2. The number of nitrogens with two attached hydrogens (primary N) is 1. The number of thiol groups is 1. The van der Waals surface area contributed by atoms with E-state index in [1.54, 1.807) is 0 Å². The van der Waals surface area contributed by atoms with Crippen LogP contribution < -0.4 is 21.7 Å². The smallest absolute Gasteiger partial charge is 0.328 e. The van der Waals surface area contributed by atoms with Crippen molar-refractivity contribution in [3.63, 3.8) is 0 Å². The number of carbonyl (C=O) groups excluding carboxylic acids is 3. The van der Waals surface area contributed by atoms with Gasteiger partial charge in [-0.2, -0.15) is 12.6 Å². The molecule has 0 fully saturated rings. The molecule has 15 heteroatoms. The summed E-state index contributed by atoms with van der Waals surface area (Å²) in [6, 6.07) is -4.93. The third kappa shape index (κ3) is 7.86. The highest BCUT2D eigenvalue weighted by molar-refractivity contribution is 7.80. The largest absolute Gasteiger partial charge is 0.480 e. The van der Waals surface area contributed by atoms with E-state index in [1.807, 2.05) is 0 Å². The van der Waals surface area contributed by atoms with E-state index in [2.05, 4.69) is 48.5 Å². The predicted molar refractivity (Wildman–Crippen MR) is 122 cm³/mol. The van der Waals surface area contributed by atoms with Crippen LogP contribution in [-0.2, 0) is 32.0 Å². The Balaban J connectivity index is 2.08. The Kier molecular flexibility index (Phi) is 10.0. The van der Waals surface area contributed by atoms with Gasteiger partial charge >= 0.3 is 5.97 Å². The molecule has 0 bridgehead atoms. The van der Waals surface area contributed by atoms with Crippen LogP contribution in [0.5, 0.6) is 0 Å². The van der Waals surface area contributed by atoms with Crippen molar-refractivity contribution in [2.75, 3.05) is 5.75 Å². The zero-order chi connectivity index (χ0) is 25.3. The number of aliphatic hydroxyl groups is 1. The lowest BCUT2D eigenvalue weighted by Crippen LogP contribution is -2.59. The molecule has 0 saturated carbocycles. The number of carbonyl (C=O) groups is 4. The SMILES string of the molecule is CC(O)C(NC(=O)C(Cc1cnc[nH]1)NC(=O)C(CS)NC(=O)C(N)Cc1cnc[nH]1)C(=O)O. The number of hydrogen-bond donors (Lipinski definition) is 9. The molecule has 34 heavy (non-hydrogen) atoms. The van der Waals surface area contributed by atoms with Gasteiger partial charge in [0.25, 0.3) is 0 Å². The van der Waals surface area contributed by atoms with Crippen molar-refractivity contribution in [1.82, 2.24) is 35.9 Å². The van der Waals surface area contributed by atoms with Gasteiger partial charge in [-0.05, 0) is 6.92 Å². The summed E-state index contributed by atoms with van der Waals surface area (Å²) >= 11 is 4.10. The van der Waals surface area contributed by atoms with Gasteiger partial charge in [0.2, 0.25) is 17.7 Å². The number of amides is 3. The quantitative estimate of drug-likeness (QED) is 0.129. The summed E-state index contributed by atoms with van der Waals surface area (Å²) in [5, 5.41) is 26.0. The maximum absolute atomic E-state index is 12.8. The van der Waals surface area contributed by atoms with Crippen LogP contribution in [-0.4, -0.2) is 89.9 Å². The summed E-state index contributed by atoms with van der Waals surface area (Å²) in [7, 11) is 0. The first-order chi connectivity index (χ1) is 16.1. The van der Waals surface area contributed by atoms with Crippen LogP contribution in [0.25, 0.3) is 0 Å². The summed E-state index contributed by atoms with van der Waals surface area (Å²) in [6.07, 6.45) is 4.49. The summed E-state index contributed by atoms with van der Waals surface area (Å²) in [5.74, 6) is -3.74. The van der Waals surface area contributed by atoms with Crippen LogP contribution >= 0.6 is 12.6 Å². The van der Waals surface area contributed by atoms with E-state index in [1.165, 1.54) is 32.0 Å². The van der Waals surface area contributed by atoms with E-state index in [9.17, 15) is 29.4 Å². The molecule has 5 unspecified atom stereocenters. The molecule has 0 aromatic carbocycles. The second-order valence-corrected chi connectivity index (χ2v) is 7.90. The van der Waals surface area contributed by atoms with Crippen LogP contribution in [0, 0.1) is 0 Å². The minimum Gasteiger partial charge on any atom is -0.480 e. The summed E-state index contributed by atoms with van der Waals surface area (Å²) in [5.41, 5.74) is 7.01. The minimum atomic E-state index is -1.59. The highest BCUT2D eigenvalue weighted by Crippen LogP contribution is 2.04. The van der Waals surface area contributed by atoms with E-state index in [0.717, 1.165) is 0 Å². The van der Waals surface area contributed by atoms with Gasteiger partial charge in [-0.1, -0.05) is 0 Å². The topological polar surface area (TPSA) is 228 Å². The van der Waals surface area contributed by atoms with Gasteiger partial charge in [0, 0.05) is 42.4 Å². The van der Waals surface area contributed by atoms with E-state index >= 15 is 0 Å². The molecule has 0 spiro atoms. The first-order valence-corrected chi connectivity index (χ1v) is 10.9. The van der Waals surface area contributed by atoms with Crippen molar-refractivity contribution in [2.45, 2.75) is 50.0 Å². The maximum Gasteiger partial charge on any atom is 0.328 e. The number of rotatable bonds is 13. The van der Waals surface area contributed by atoms with Gasteiger partial charge in [0.15, 0.2) is 6.04 Å². The van der Waals surface area contributed by atoms with Crippen LogP contribution in [0.1, 0.15) is 18.3 Å². The van der Waals surface area contributed by atoms with Crippen molar-refractivity contribution in [1.29, 1.82) is 0 Å². The Morgan fingerprint density at radius 2 is 1.50 bits per heavy atom. The normalized spacial score (nSPS) is 15.4. The molecule has 9 N–H and O–H groups in total. The van der Waals surface area contributed by atoms with E-state index in [4.69, 9.17) is 5.73 Å². The summed E-state index contributed by atoms with van der Waals surface area (Å²) in [6.45, 7) is 1.21. The number of carboxylic acid groups (broad SMARTS) is 1. The first-order valence-electron chi connectivity index (χ1n) is 10.2. The maximum atomic E-state index is 12.8. The molecule has 186 valence electrons. The number of imidazole rings is 2. The molecular weight excluding hydrogens is 468 g/mol. The number of carboxylic acids is 1. The Bertz CT molecular complexity index is 952. The molecule has 0 aliphatic heterocycles. The van der Waals surface area contributed by atoms with Crippen LogP contribution in [0.15, 0.2) is 25.0 Å². The van der Waals surface area contributed by atoms with Crippen molar-refractivity contribution >= 4 is 36.3 Å². The molecule has 2 aromatic rings. The molecule has 0 aliphatic rings. The summed E-state index contributed by atoms with van der Waals surface area (Å²) < 4.78 is 0. The van der Waals surface area contributed by atoms with Gasteiger partial charge in [-0.15, -0.1) is 0 Å². The number of H-pyrrole nitrogens is 2. The number of aliphatic hydroxyl groups excluding tert-OH is 1. The molecule has 0 aliphatic carbocycles. The van der Waals surface area contributed by atoms with Crippen LogP contribution in [0.3, 0.4) is 0 Å². The molecule has 5 atom stereocenters. The lowest BCUT2D eigenvalue weighted by Gasteiger charge is -2.25. The molecule has 0 radical (unpaired) electrons. The lowest BCUT2D eigenvalue weighted by molar-refractivity contribution is -0.145. The second kappa shape index (κ2) is 12.7. The molecule has 0 saturated heterocycles. The fourth-order valence-electron chi connectivity index (χ4n) is 2.94. The number of aromatic nitrogens is 4. The van der Waals surface area contributed by atoms with Gasteiger partial charge < -0.3 is 41.9 Å². The Morgan fingerprint density at radius 1 is 0.971 bits per heavy atom. The van der Waals surface area contributed by atoms with E-state index < -0.39 is 54.0 Å². The fraction of sp³-hybridized carbons (Fsp3) is 0.474.